The van der Waals surface area contributed by atoms with Gasteiger partial charge in [-0.25, -0.2) is 8.42 Å². The first-order valence-corrected chi connectivity index (χ1v) is 11.3. The van der Waals surface area contributed by atoms with Gasteiger partial charge in [0.25, 0.3) is 10.0 Å². The van der Waals surface area contributed by atoms with E-state index < -0.39 is 22.5 Å². The summed E-state index contributed by atoms with van der Waals surface area (Å²) in [6, 6.07) is 15.2. The number of hydrogen-bond donors (Lipinski definition) is 1. The van der Waals surface area contributed by atoms with Crippen LogP contribution in [0.25, 0.3) is 0 Å². The third-order valence-electron chi connectivity index (χ3n) is 4.31. The minimum Gasteiger partial charge on any atom is -0.495 e. The van der Waals surface area contributed by atoms with Crippen LogP contribution in [0, 0.1) is 6.92 Å². The molecule has 2 aromatic carbocycles. The summed E-state index contributed by atoms with van der Waals surface area (Å²) in [6.07, 6.45) is 0. The number of sulfonamides is 1. The van der Waals surface area contributed by atoms with Crippen molar-refractivity contribution in [1.82, 2.24) is 0 Å². The molecule has 0 saturated heterocycles. The third kappa shape index (κ3) is 4.58. The quantitative estimate of drug-likeness (QED) is 0.567. The number of hydrogen-bond acceptors (Lipinski definition) is 6. The fourth-order valence-electron chi connectivity index (χ4n) is 2.89. The number of para-hydroxylation sites is 2. The number of nitrogens with zero attached hydrogens (tertiary/aromatic N) is 1. The predicted molar refractivity (Wildman–Crippen MR) is 118 cm³/mol. The molecule has 0 bridgehead atoms. The lowest BCUT2D eigenvalue weighted by molar-refractivity contribution is -0.114. The molecule has 0 unspecified atom stereocenters. The molecule has 1 amide bonds. The van der Waals surface area contributed by atoms with Crippen molar-refractivity contribution in [2.75, 3.05) is 30.4 Å². The molecular weight excluding hydrogens is 424 g/mol. The van der Waals surface area contributed by atoms with Crippen molar-refractivity contribution in [3.63, 3.8) is 0 Å². The van der Waals surface area contributed by atoms with E-state index >= 15 is 0 Å². The molecule has 7 nitrogen and oxygen atoms in total. The summed E-state index contributed by atoms with van der Waals surface area (Å²) in [5.74, 6) is 0.322. The molecule has 0 aliphatic rings. The van der Waals surface area contributed by atoms with Crippen molar-refractivity contribution in [2.45, 2.75) is 11.1 Å². The Balaban J connectivity index is 1.98. The molecule has 0 aliphatic heterocycles. The molecule has 0 fully saturated rings. The van der Waals surface area contributed by atoms with Crippen molar-refractivity contribution in [2.24, 2.45) is 0 Å². The SMILES string of the molecule is COc1ccc(C)cc1NC(=O)CN(c1ccccc1OC)S(=O)(=O)c1cccs1. The van der Waals surface area contributed by atoms with E-state index in [0.29, 0.717) is 17.2 Å². The van der Waals surface area contributed by atoms with Crippen LogP contribution in [0.4, 0.5) is 11.4 Å². The maximum absolute atomic E-state index is 13.3. The van der Waals surface area contributed by atoms with Gasteiger partial charge in [0.2, 0.25) is 5.91 Å². The zero-order valence-corrected chi connectivity index (χ0v) is 18.4. The fraction of sp³-hybridized carbons (Fsp3) is 0.190. The monoisotopic (exact) mass is 446 g/mol. The molecule has 158 valence electrons. The Kier molecular flexibility index (Phi) is 6.63. The van der Waals surface area contributed by atoms with Gasteiger partial charge in [-0.1, -0.05) is 24.3 Å². The summed E-state index contributed by atoms with van der Waals surface area (Å²) in [5, 5.41) is 4.42. The van der Waals surface area contributed by atoms with E-state index in [4.69, 9.17) is 9.47 Å². The third-order valence-corrected chi connectivity index (χ3v) is 7.44. The van der Waals surface area contributed by atoms with Gasteiger partial charge in [-0.3, -0.25) is 9.10 Å². The smallest absolute Gasteiger partial charge is 0.274 e. The maximum atomic E-state index is 13.3. The van der Waals surface area contributed by atoms with Gasteiger partial charge < -0.3 is 14.8 Å². The Morgan fingerprint density at radius 3 is 2.43 bits per heavy atom. The molecule has 0 spiro atoms. The molecule has 0 aliphatic carbocycles. The standard InChI is InChI=1S/C21H22N2O5S2/c1-15-10-11-18(27-2)16(13-15)22-20(24)14-23(17-7-4-5-8-19(17)28-3)30(25,26)21-9-6-12-29-21/h4-13H,14H2,1-3H3,(H,22,24). The van der Waals surface area contributed by atoms with Gasteiger partial charge in [0.1, 0.15) is 22.3 Å². The first kappa shape index (κ1) is 21.7. The highest BCUT2D eigenvalue weighted by Crippen LogP contribution is 2.33. The first-order valence-electron chi connectivity index (χ1n) is 9.00. The number of ether oxygens (including phenoxy) is 2. The molecule has 1 aromatic heterocycles. The van der Waals surface area contributed by atoms with E-state index in [1.807, 2.05) is 13.0 Å². The van der Waals surface area contributed by atoms with Crippen LogP contribution in [-0.4, -0.2) is 35.1 Å². The Labute approximate surface area is 179 Å². The first-order chi connectivity index (χ1) is 14.4. The van der Waals surface area contributed by atoms with Crippen molar-refractivity contribution in [3.05, 3.63) is 65.5 Å². The van der Waals surface area contributed by atoms with Gasteiger partial charge >= 0.3 is 0 Å². The topological polar surface area (TPSA) is 84.9 Å². The molecule has 1 heterocycles. The second-order valence-electron chi connectivity index (χ2n) is 6.37. The molecular formula is C21H22N2O5S2. The van der Waals surface area contributed by atoms with E-state index in [9.17, 15) is 13.2 Å². The second kappa shape index (κ2) is 9.19. The van der Waals surface area contributed by atoms with E-state index in [1.54, 1.807) is 47.8 Å². The zero-order chi connectivity index (χ0) is 21.7. The molecule has 1 N–H and O–H groups in total. The number of anilines is 2. The van der Waals surface area contributed by atoms with Gasteiger partial charge in [-0.05, 0) is 48.2 Å². The summed E-state index contributed by atoms with van der Waals surface area (Å²) < 4.78 is 38.4. The van der Waals surface area contributed by atoms with Gasteiger partial charge in [0, 0.05) is 0 Å². The number of benzene rings is 2. The zero-order valence-electron chi connectivity index (χ0n) is 16.8. The maximum Gasteiger partial charge on any atom is 0.274 e. The van der Waals surface area contributed by atoms with Crippen LogP contribution >= 0.6 is 11.3 Å². The van der Waals surface area contributed by atoms with Crippen LogP contribution in [0.5, 0.6) is 11.5 Å². The van der Waals surface area contributed by atoms with E-state index in [1.165, 1.54) is 20.3 Å². The van der Waals surface area contributed by atoms with E-state index in [2.05, 4.69) is 5.32 Å². The highest BCUT2D eigenvalue weighted by molar-refractivity contribution is 7.94. The average molecular weight is 447 g/mol. The Bertz CT molecular complexity index is 1130. The Morgan fingerprint density at radius 2 is 1.77 bits per heavy atom. The molecule has 0 saturated carbocycles. The summed E-state index contributed by atoms with van der Waals surface area (Å²) in [4.78, 5) is 12.9. The van der Waals surface area contributed by atoms with Crippen LogP contribution in [0.15, 0.2) is 64.2 Å². The molecule has 0 atom stereocenters. The van der Waals surface area contributed by atoms with Crippen molar-refractivity contribution >= 4 is 38.6 Å². The highest BCUT2D eigenvalue weighted by Gasteiger charge is 2.30. The summed E-state index contributed by atoms with van der Waals surface area (Å²) in [6.45, 7) is 1.45. The number of aryl methyl sites for hydroxylation is 1. The van der Waals surface area contributed by atoms with Gasteiger partial charge in [0.15, 0.2) is 0 Å². The summed E-state index contributed by atoms with van der Waals surface area (Å²) >= 11 is 1.08. The van der Waals surface area contributed by atoms with E-state index in [0.717, 1.165) is 21.2 Å². The predicted octanol–water partition coefficient (Wildman–Crippen LogP) is 3.91. The largest absolute Gasteiger partial charge is 0.495 e. The lowest BCUT2D eigenvalue weighted by Crippen LogP contribution is -2.38. The normalized spacial score (nSPS) is 11.0. The number of amides is 1. The minimum absolute atomic E-state index is 0.134. The van der Waals surface area contributed by atoms with Crippen LogP contribution in [0.3, 0.4) is 0 Å². The highest BCUT2D eigenvalue weighted by atomic mass is 32.2. The number of thiophene rings is 1. The summed E-state index contributed by atoms with van der Waals surface area (Å²) in [7, 11) is -1.02. The van der Waals surface area contributed by atoms with Crippen LogP contribution in [0.2, 0.25) is 0 Å². The number of carbonyl (C=O) groups excluding carboxylic acids is 1. The van der Waals surface area contributed by atoms with Crippen molar-refractivity contribution in [1.29, 1.82) is 0 Å². The average Bonchev–Trinajstić information content (AvgIpc) is 3.28. The second-order valence-corrected chi connectivity index (χ2v) is 9.40. The molecule has 30 heavy (non-hydrogen) atoms. The Morgan fingerprint density at radius 1 is 1.03 bits per heavy atom. The minimum atomic E-state index is -3.97. The van der Waals surface area contributed by atoms with Gasteiger partial charge in [-0.15, -0.1) is 11.3 Å². The number of methoxy groups -OCH3 is 2. The van der Waals surface area contributed by atoms with Gasteiger partial charge in [0.05, 0.1) is 25.6 Å². The van der Waals surface area contributed by atoms with Crippen LogP contribution in [-0.2, 0) is 14.8 Å². The summed E-state index contributed by atoms with van der Waals surface area (Å²) in [5.41, 5.74) is 1.68. The molecule has 0 radical (unpaired) electrons. The van der Waals surface area contributed by atoms with E-state index in [-0.39, 0.29) is 9.90 Å². The van der Waals surface area contributed by atoms with Crippen molar-refractivity contribution < 1.29 is 22.7 Å². The number of rotatable bonds is 8. The van der Waals surface area contributed by atoms with Gasteiger partial charge in [-0.2, -0.15) is 0 Å². The number of nitrogens with one attached hydrogen (secondary N) is 1. The molecule has 3 aromatic rings. The molecule has 9 heteroatoms. The lowest BCUT2D eigenvalue weighted by atomic mass is 10.2. The van der Waals surface area contributed by atoms with Crippen LogP contribution < -0.4 is 19.1 Å². The van der Waals surface area contributed by atoms with Crippen LogP contribution in [0.1, 0.15) is 5.56 Å². The fourth-order valence-corrected chi connectivity index (χ4v) is 5.43. The molecule has 3 rings (SSSR count). The number of carbonyl (C=O) groups is 1. The lowest BCUT2D eigenvalue weighted by Gasteiger charge is -2.25. The Hall–Kier alpha value is -3.04. The van der Waals surface area contributed by atoms with Crippen molar-refractivity contribution in [3.8, 4) is 11.5 Å².